The zero-order valence-electron chi connectivity index (χ0n) is 17.0. The molecule has 9 nitrogen and oxygen atoms in total. The molecule has 0 saturated heterocycles. The number of imidazole rings is 2. The van der Waals surface area contributed by atoms with Crippen molar-refractivity contribution in [3.8, 4) is 0 Å². The molecule has 0 bridgehead atoms. The Labute approximate surface area is 191 Å². The van der Waals surface area contributed by atoms with Crippen LogP contribution >= 0.6 is 15.9 Å². The predicted molar refractivity (Wildman–Crippen MR) is 120 cm³/mol. The molecule has 0 aliphatic heterocycles. The highest BCUT2D eigenvalue weighted by atomic mass is 79.9. The summed E-state index contributed by atoms with van der Waals surface area (Å²) in [5.41, 5.74) is 5.10. The van der Waals surface area contributed by atoms with Crippen LogP contribution in [0.25, 0.3) is 11.2 Å². The SMILES string of the molecule is O=C(NCc1ncn2ccc(Br)cc12)c1cn(Cc2cn3cc(C4CC4)ccc3n2)nn1. The first-order chi connectivity index (χ1) is 15.6. The van der Waals surface area contributed by atoms with E-state index in [0.29, 0.717) is 19.0 Å². The summed E-state index contributed by atoms with van der Waals surface area (Å²) in [6.07, 6.45) is 12.0. The van der Waals surface area contributed by atoms with Gasteiger partial charge in [0.15, 0.2) is 5.69 Å². The van der Waals surface area contributed by atoms with E-state index in [4.69, 9.17) is 0 Å². The van der Waals surface area contributed by atoms with E-state index >= 15 is 0 Å². The number of carbonyl (C=O) groups excluding carboxylic acids is 1. The van der Waals surface area contributed by atoms with Crippen LogP contribution in [0.15, 0.2) is 59.9 Å². The zero-order valence-corrected chi connectivity index (χ0v) is 18.6. The van der Waals surface area contributed by atoms with Crippen molar-refractivity contribution in [3.63, 3.8) is 0 Å². The van der Waals surface area contributed by atoms with Crippen LogP contribution in [-0.4, -0.2) is 39.7 Å². The molecule has 1 aliphatic carbocycles. The van der Waals surface area contributed by atoms with E-state index in [9.17, 15) is 4.79 Å². The van der Waals surface area contributed by atoms with Gasteiger partial charge >= 0.3 is 0 Å². The Balaban J connectivity index is 1.13. The lowest BCUT2D eigenvalue weighted by Gasteiger charge is -2.02. The molecule has 0 radical (unpaired) electrons. The molecule has 32 heavy (non-hydrogen) atoms. The molecule has 0 spiro atoms. The number of aromatic nitrogens is 7. The molecule has 6 rings (SSSR count). The van der Waals surface area contributed by atoms with E-state index in [1.807, 2.05) is 28.9 Å². The fraction of sp³-hybridized carbons (Fsp3) is 0.227. The van der Waals surface area contributed by atoms with Crippen molar-refractivity contribution < 1.29 is 4.79 Å². The maximum atomic E-state index is 12.6. The summed E-state index contributed by atoms with van der Waals surface area (Å²) >= 11 is 3.47. The molecule has 0 unspecified atom stereocenters. The Kier molecular flexibility index (Phi) is 4.53. The third-order valence-electron chi connectivity index (χ3n) is 5.67. The Morgan fingerprint density at radius 1 is 1.16 bits per heavy atom. The number of fused-ring (bicyclic) bond motifs is 2. The highest BCUT2D eigenvalue weighted by molar-refractivity contribution is 9.10. The Morgan fingerprint density at radius 3 is 2.94 bits per heavy atom. The molecule has 160 valence electrons. The Bertz CT molecular complexity index is 1460. The number of hydrogen-bond donors (Lipinski definition) is 1. The van der Waals surface area contributed by atoms with E-state index in [0.717, 1.165) is 27.0 Å². The highest BCUT2D eigenvalue weighted by Crippen LogP contribution is 2.39. The second-order valence-corrected chi connectivity index (χ2v) is 8.96. The van der Waals surface area contributed by atoms with Gasteiger partial charge in [0.1, 0.15) is 5.65 Å². The summed E-state index contributed by atoms with van der Waals surface area (Å²) in [6.45, 7) is 0.745. The summed E-state index contributed by atoms with van der Waals surface area (Å²) in [5, 5.41) is 11.0. The molecule has 5 heterocycles. The number of pyridine rings is 2. The second-order valence-electron chi connectivity index (χ2n) is 8.05. The van der Waals surface area contributed by atoms with E-state index in [1.165, 1.54) is 18.4 Å². The number of hydrogen-bond acceptors (Lipinski definition) is 5. The minimum Gasteiger partial charge on any atom is -0.345 e. The van der Waals surface area contributed by atoms with Crippen LogP contribution in [0.3, 0.4) is 0 Å². The third kappa shape index (κ3) is 3.66. The van der Waals surface area contributed by atoms with Gasteiger partial charge in [0.05, 0.1) is 42.5 Å². The van der Waals surface area contributed by atoms with Crippen molar-refractivity contribution >= 4 is 33.0 Å². The minimum absolute atomic E-state index is 0.259. The number of halogens is 1. The van der Waals surface area contributed by atoms with Crippen molar-refractivity contribution in [1.29, 1.82) is 0 Å². The normalized spacial score (nSPS) is 13.8. The minimum atomic E-state index is -0.295. The molecule has 1 amide bonds. The first kappa shape index (κ1) is 19.2. The maximum Gasteiger partial charge on any atom is 0.273 e. The quantitative estimate of drug-likeness (QED) is 0.394. The summed E-state index contributed by atoms with van der Waals surface area (Å²) in [7, 11) is 0. The molecular weight excluding hydrogens is 472 g/mol. The summed E-state index contributed by atoms with van der Waals surface area (Å²) in [6, 6.07) is 8.11. The van der Waals surface area contributed by atoms with Crippen molar-refractivity contribution in [3.05, 3.63) is 82.5 Å². The van der Waals surface area contributed by atoms with Gasteiger partial charge in [-0.3, -0.25) is 4.79 Å². The lowest BCUT2D eigenvalue weighted by atomic mass is 10.2. The van der Waals surface area contributed by atoms with Gasteiger partial charge in [-0.2, -0.15) is 0 Å². The predicted octanol–water partition coefficient (Wildman–Crippen LogP) is 3.19. The number of nitrogens with zero attached hydrogens (tertiary/aromatic N) is 7. The first-order valence-electron chi connectivity index (χ1n) is 10.4. The van der Waals surface area contributed by atoms with Crippen LogP contribution in [0.5, 0.6) is 0 Å². The van der Waals surface area contributed by atoms with Gasteiger partial charge in [-0.05, 0) is 42.5 Å². The van der Waals surface area contributed by atoms with Gasteiger partial charge in [0.25, 0.3) is 5.91 Å². The van der Waals surface area contributed by atoms with Crippen LogP contribution in [0, 0.1) is 0 Å². The average molecular weight is 491 g/mol. The van der Waals surface area contributed by atoms with Crippen LogP contribution < -0.4 is 5.32 Å². The summed E-state index contributed by atoms with van der Waals surface area (Å²) in [4.78, 5) is 21.6. The van der Waals surface area contributed by atoms with Gasteiger partial charge in [-0.1, -0.05) is 27.2 Å². The van der Waals surface area contributed by atoms with Crippen molar-refractivity contribution in [2.75, 3.05) is 0 Å². The lowest BCUT2D eigenvalue weighted by molar-refractivity contribution is 0.0945. The van der Waals surface area contributed by atoms with E-state index in [-0.39, 0.29) is 11.6 Å². The number of nitrogens with one attached hydrogen (secondary N) is 1. The van der Waals surface area contributed by atoms with Crippen LogP contribution in [0.4, 0.5) is 0 Å². The third-order valence-corrected chi connectivity index (χ3v) is 6.16. The molecule has 1 fully saturated rings. The van der Waals surface area contributed by atoms with E-state index in [2.05, 4.69) is 64.3 Å². The largest absolute Gasteiger partial charge is 0.345 e. The Morgan fingerprint density at radius 2 is 2.06 bits per heavy atom. The molecule has 1 N–H and O–H groups in total. The highest BCUT2D eigenvalue weighted by Gasteiger charge is 2.23. The second kappa shape index (κ2) is 7.56. The van der Waals surface area contributed by atoms with Crippen molar-refractivity contribution in [2.24, 2.45) is 0 Å². The number of carbonyl (C=O) groups is 1. The first-order valence-corrected chi connectivity index (χ1v) is 11.2. The van der Waals surface area contributed by atoms with E-state index in [1.54, 1.807) is 17.2 Å². The number of amides is 1. The molecule has 5 aromatic rings. The zero-order chi connectivity index (χ0) is 21.7. The molecule has 0 atom stereocenters. The molecule has 5 aromatic heterocycles. The molecule has 10 heteroatoms. The molecular formula is C22H19BrN8O. The van der Waals surface area contributed by atoms with Crippen molar-refractivity contribution in [1.82, 2.24) is 39.1 Å². The lowest BCUT2D eigenvalue weighted by Crippen LogP contribution is -2.23. The summed E-state index contributed by atoms with van der Waals surface area (Å²) < 4.78 is 6.55. The topological polar surface area (TPSA) is 94.4 Å². The fourth-order valence-electron chi connectivity index (χ4n) is 3.85. The fourth-order valence-corrected chi connectivity index (χ4v) is 4.18. The molecule has 1 saturated carbocycles. The smallest absolute Gasteiger partial charge is 0.273 e. The monoisotopic (exact) mass is 490 g/mol. The molecule has 1 aliphatic rings. The summed E-state index contributed by atoms with van der Waals surface area (Å²) in [5.74, 6) is 0.403. The van der Waals surface area contributed by atoms with Gasteiger partial charge in [-0.15, -0.1) is 5.10 Å². The average Bonchev–Trinajstić information content (AvgIpc) is 3.21. The van der Waals surface area contributed by atoms with Gasteiger partial charge in [0.2, 0.25) is 0 Å². The van der Waals surface area contributed by atoms with Crippen molar-refractivity contribution in [2.45, 2.75) is 31.8 Å². The van der Waals surface area contributed by atoms with Gasteiger partial charge in [0, 0.05) is 23.1 Å². The van der Waals surface area contributed by atoms with E-state index < -0.39 is 0 Å². The van der Waals surface area contributed by atoms with Gasteiger partial charge < -0.3 is 14.1 Å². The molecule has 0 aromatic carbocycles. The van der Waals surface area contributed by atoms with Crippen LogP contribution in [0.2, 0.25) is 0 Å². The van der Waals surface area contributed by atoms with Crippen LogP contribution in [0.1, 0.15) is 46.2 Å². The maximum absolute atomic E-state index is 12.6. The van der Waals surface area contributed by atoms with Gasteiger partial charge in [-0.25, -0.2) is 14.6 Å². The Hall–Kier alpha value is -3.53. The standard InChI is InChI=1S/C22H19BrN8O/c23-16-5-6-29-13-25-18(20(29)7-16)8-24-22(32)19-12-31(28-27-19)11-17-10-30-9-15(14-1-2-14)3-4-21(30)26-17/h3-7,9-10,12-14H,1-2,8,11H2,(H,24,32). The van der Waals surface area contributed by atoms with Crippen LogP contribution in [-0.2, 0) is 13.1 Å². The number of rotatable bonds is 6.